The van der Waals surface area contributed by atoms with Gasteiger partial charge in [-0.15, -0.1) is 6.58 Å². The molecule has 0 bridgehead atoms. The Morgan fingerprint density at radius 2 is 1.57 bits per heavy atom. The number of sulfone groups is 1. The first kappa shape index (κ1) is 41.2. The van der Waals surface area contributed by atoms with E-state index in [2.05, 4.69) is 27.8 Å². The van der Waals surface area contributed by atoms with Crippen LogP contribution in [0.25, 0.3) is 0 Å². The number of Topliss-reactive ketones (excluding diaryl/α,β-unsaturated/α-hetero) is 1. The Kier molecular flexibility index (Phi) is 15.4. The molecule has 5 amide bonds. The van der Waals surface area contributed by atoms with Gasteiger partial charge in [0.2, 0.25) is 11.7 Å². The molecule has 0 radical (unpaired) electrons. The number of carbonyl (C=O) groups is 5. The minimum absolute atomic E-state index is 0.124. The van der Waals surface area contributed by atoms with Crippen molar-refractivity contribution >= 4 is 62.0 Å². The van der Waals surface area contributed by atoms with Gasteiger partial charge in [0.1, 0.15) is 6.04 Å². The second-order valence-electron chi connectivity index (χ2n) is 15.2. The summed E-state index contributed by atoms with van der Waals surface area (Å²) in [6.45, 7) is 10.8. The third-order valence-corrected chi connectivity index (χ3v) is 14.1. The SMILES string of the molecule is C=CCNC(=O)C(=O)C(CC1CC1)NC(=O)[C@H](I)N(CCC)C(=O)[C@@H](NC(=O)NC1(CS(=O)(=O)C(C)(C)C)CCCCC1)C1CCCCC1. The molecule has 0 saturated heterocycles. The van der Waals surface area contributed by atoms with Gasteiger partial charge in [-0.25, -0.2) is 13.2 Å². The summed E-state index contributed by atoms with van der Waals surface area (Å²) in [5.41, 5.74) is -0.940. The lowest BCUT2D eigenvalue weighted by molar-refractivity contribution is -0.142. The molecule has 3 rings (SSSR count). The molecule has 0 aromatic rings. The summed E-state index contributed by atoms with van der Waals surface area (Å²) >= 11 is 1.89. The Bertz CT molecular complexity index is 1300. The summed E-state index contributed by atoms with van der Waals surface area (Å²) < 4.78 is 24.7. The number of hydrogen-bond acceptors (Lipinski definition) is 7. The Labute approximate surface area is 306 Å². The lowest BCUT2D eigenvalue weighted by Gasteiger charge is -2.41. The molecular weight excluding hydrogens is 761 g/mol. The summed E-state index contributed by atoms with van der Waals surface area (Å²) in [5.74, 6) is -2.57. The maximum atomic E-state index is 14.4. The summed E-state index contributed by atoms with van der Waals surface area (Å²) in [7, 11) is -3.55. The van der Waals surface area contributed by atoms with Crippen LogP contribution in [0.15, 0.2) is 12.7 Å². The van der Waals surface area contributed by atoms with E-state index >= 15 is 0 Å². The molecule has 4 N–H and O–H groups in total. The normalized spacial score (nSPS) is 20.2. The second-order valence-corrected chi connectivity index (χ2v) is 19.1. The van der Waals surface area contributed by atoms with Crippen LogP contribution in [0, 0.1) is 11.8 Å². The van der Waals surface area contributed by atoms with E-state index in [4.69, 9.17) is 0 Å². The zero-order valence-corrected chi connectivity index (χ0v) is 32.8. The van der Waals surface area contributed by atoms with Crippen molar-refractivity contribution in [2.75, 3.05) is 18.8 Å². The van der Waals surface area contributed by atoms with Gasteiger partial charge in [-0.05, 0) is 93.7 Å². The highest BCUT2D eigenvalue weighted by atomic mass is 127. The molecule has 0 aromatic carbocycles. The average Bonchev–Trinajstić information content (AvgIpc) is 3.87. The fourth-order valence-electron chi connectivity index (χ4n) is 6.85. The Balaban J connectivity index is 1.83. The van der Waals surface area contributed by atoms with E-state index in [1.807, 2.05) is 29.5 Å². The Morgan fingerprint density at radius 3 is 2.12 bits per heavy atom. The van der Waals surface area contributed by atoms with Crippen molar-refractivity contribution in [3.63, 3.8) is 0 Å². The second kappa shape index (κ2) is 18.3. The van der Waals surface area contributed by atoms with Gasteiger partial charge in [0.15, 0.2) is 13.9 Å². The molecule has 1 unspecified atom stereocenters. The first-order valence-corrected chi connectivity index (χ1v) is 20.9. The summed E-state index contributed by atoms with van der Waals surface area (Å²) in [6.07, 6.45) is 12.1. The van der Waals surface area contributed by atoms with Gasteiger partial charge in [0.05, 0.1) is 22.1 Å². The van der Waals surface area contributed by atoms with Gasteiger partial charge in [-0.2, -0.15) is 0 Å². The minimum atomic E-state index is -3.55. The van der Waals surface area contributed by atoms with Crippen LogP contribution in [0.5, 0.6) is 0 Å². The highest BCUT2D eigenvalue weighted by Crippen LogP contribution is 2.35. The zero-order valence-electron chi connectivity index (χ0n) is 29.8. The third-order valence-electron chi connectivity index (χ3n) is 10.0. The molecule has 0 heterocycles. The maximum absolute atomic E-state index is 14.4. The molecule has 3 aliphatic rings. The van der Waals surface area contributed by atoms with Crippen LogP contribution in [-0.2, 0) is 29.0 Å². The number of rotatable bonds is 17. The molecule has 278 valence electrons. The smallest absolute Gasteiger partial charge is 0.315 e. The van der Waals surface area contributed by atoms with E-state index in [0.717, 1.165) is 64.2 Å². The van der Waals surface area contributed by atoms with Crippen LogP contribution >= 0.6 is 22.6 Å². The van der Waals surface area contributed by atoms with Crippen LogP contribution in [0.1, 0.15) is 118 Å². The molecule has 3 fully saturated rings. The number of urea groups is 1. The fourth-order valence-corrected chi connectivity index (χ4v) is 9.10. The topological polar surface area (TPSA) is 171 Å². The van der Waals surface area contributed by atoms with Crippen LogP contribution in [0.2, 0.25) is 0 Å². The first-order chi connectivity index (χ1) is 23.0. The predicted molar refractivity (Wildman–Crippen MR) is 199 cm³/mol. The maximum Gasteiger partial charge on any atom is 0.315 e. The number of ketones is 1. The van der Waals surface area contributed by atoms with Crippen molar-refractivity contribution in [1.82, 2.24) is 26.2 Å². The van der Waals surface area contributed by atoms with E-state index in [0.29, 0.717) is 25.7 Å². The molecule has 12 nitrogen and oxygen atoms in total. The van der Waals surface area contributed by atoms with E-state index in [1.54, 1.807) is 20.8 Å². The fraction of sp³-hybridized carbons (Fsp3) is 0.800. The summed E-state index contributed by atoms with van der Waals surface area (Å²) in [4.78, 5) is 68.9. The van der Waals surface area contributed by atoms with E-state index < -0.39 is 65.8 Å². The van der Waals surface area contributed by atoms with Crippen molar-refractivity contribution < 1.29 is 32.4 Å². The molecular formula is C35H58IN5O7S. The molecule has 3 atom stereocenters. The van der Waals surface area contributed by atoms with Crippen LogP contribution in [-0.4, -0.2) is 88.1 Å². The molecule has 14 heteroatoms. The largest absolute Gasteiger partial charge is 0.346 e. The van der Waals surface area contributed by atoms with Crippen LogP contribution in [0.4, 0.5) is 4.79 Å². The van der Waals surface area contributed by atoms with Gasteiger partial charge in [0, 0.05) is 13.1 Å². The zero-order chi connectivity index (χ0) is 36.4. The van der Waals surface area contributed by atoms with Gasteiger partial charge < -0.3 is 26.2 Å². The van der Waals surface area contributed by atoms with Gasteiger partial charge in [-0.1, -0.05) is 64.4 Å². The summed E-state index contributed by atoms with van der Waals surface area (Å²) in [5, 5.41) is 11.2. The Hall–Kier alpha value is -2.23. The van der Waals surface area contributed by atoms with Crippen molar-refractivity contribution in [3.05, 3.63) is 12.7 Å². The van der Waals surface area contributed by atoms with Crippen molar-refractivity contribution in [2.24, 2.45) is 11.8 Å². The number of amides is 5. The lowest BCUT2D eigenvalue weighted by atomic mass is 9.82. The van der Waals surface area contributed by atoms with Crippen molar-refractivity contribution in [1.29, 1.82) is 0 Å². The third kappa shape index (κ3) is 11.9. The first-order valence-electron chi connectivity index (χ1n) is 18.0. The van der Waals surface area contributed by atoms with Gasteiger partial charge >= 0.3 is 6.03 Å². The molecule has 0 aliphatic heterocycles. The minimum Gasteiger partial charge on any atom is -0.346 e. The standard InChI is InChI=1S/C35H58IN5O7S/c1-6-20-37-30(43)28(42)26(22-24-16-17-24)38-31(44)29(36)41(21-7-2)32(45)27(25-14-10-8-11-15-25)39-33(46)40-35(18-12-9-13-19-35)23-49(47,48)34(3,4)5/h6,24-27,29H,1,7-23H2,2-5H3,(H,37,43)(H,38,44)(H2,39,40,46)/t26?,27-,29+/m0/s1. The van der Waals surface area contributed by atoms with Crippen molar-refractivity contribution in [2.45, 2.75) is 144 Å². The Morgan fingerprint density at radius 1 is 0.959 bits per heavy atom. The number of alkyl halides is 1. The van der Waals surface area contributed by atoms with Gasteiger partial charge in [0.25, 0.3) is 11.8 Å². The number of carbonyl (C=O) groups excluding carboxylic acids is 5. The van der Waals surface area contributed by atoms with E-state index in [-0.39, 0.29) is 30.7 Å². The molecule has 3 saturated carbocycles. The van der Waals surface area contributed by atoms with Gasteiger partial charge in [-0.3, -0.25) is 19.2 Å². The molecule has 3 aliphatic carbocycles. The quantitative estimate of drug-likeness (QED) is 0.0558. The van der Waals surface area contributed by atoms with Crippen molar-refractivity contribution in [3.8, 4) is 0 Å². The highest BCUT2D eigenvalue weighted by molar-refractivity contribution is 14.1. The number of hydrogen-bond donors (Lipinski definition) is 4. The number of nitrogens with zero attached hydrogens (tertiary/aromatic N) is 1. The van der Waals surface area contributed by atoms with E-state index in [1.165, 1.54) is 11.0 Å². The molecule has 0 aromatic heterocycles. The van der Waals surface area contributed by atoms with Crippen LogP contribution < -0.4 is 21.3 Å². The lowest BCUT2D eigenvalue weighted by Crippen LogP contribution is -2.63. The predicted octanol–water partition coefficient (Wildman–Crippen LogP) is 4.31. The number of nitrogens with one attached hydrogen (secondary N) is 4. The van der Waals surface area contributed by atoms with E-state index in [9.17, 15) is 32.4 Å². The summed E-state index contributed by atoms with van der Waals surface area (Å²) in [6, 6.07) is -2.53. The average molecular weight is 820 g/mol. The monoisotopic (exact) mass is 819 g/mol. The molecule has 0 spiro atoms. The highest BCUT2D eigenvalue weighted by Gasteiger charge is 2.44. The molecule has 49 heavy (non-hydrogen) atoms. The number of halogens is 1. The van der Waals surface area contributed by atoms with Crippen LogP contribution in [0.3, 0.4) is 0 Å².